The third kappa shape index (κ3) is 5.46. The Hall–Kier alpha value is -2.48. The second-order valence-electron chi connectivity index (χ2n) is 7.56. The second-order valence-corrected chi connectivity index (χ2v) is 9.74. The van der Waals surface area contributed by atoms with Gasteiger partial charge in [0.25, 0.3) is 5.56 Å². The van der Waals surface area contributed by atoms with Crippen molar-refractivity contribution in [2.75, 3.05) is 19.4 Å². The zero-order chi connectivity index (χ0) is 23.1. The van der Waals surface area contributed by atoms with Gasteiger partial charge in [-0.25, -0.2) is 9.78 Å². The molecule has 0 saturated carbocycles. The van der Waals surface area contributed by atoms with Crippen LogP contribution in [0.5, 0.6) is 0 Å². The molecule has 0 N–H and O–H groups in total. The van der Waals surface area contributed by atoms with Crippen molar-refractivity contribution in [2.45, 2.75) is 46.2 Å². The molecule has 0 aliphatic rings. The van der Waals surface area contributed by atoms with Gasteiger partial charge in [0.2, 0.25) is 0 Å². The summed E-state index contributed by atoms with van der Waals surface area (Å²) in [7, 11) is -1.44. The van der Waals surface area contributed by atoms with Crippen molar-refractivity contribution in [3.8, 4) is 0 Å². The molecule has 0 fully saturated rings. The first-order valence-electron chi connectivity index (χ1n) is 11.0. The van der Waals surface area contributed by atoms with Crippen LogP contribution in [0.25, 0.3) is 11.2 Å². The van der Waals surface area contributed by atoms with E-state index in [1.807, 2.05) is 30.3 Å². The number of fused-ring (bicyclic) bond motifs is 1. The maximum Gasteiger partial charge on any atom is 0.332 e. The number of hydrogen-bond acceptors (Lipinski definition) is 6. The molecule has 0 spiro atoms. The van der Waals surface area contributed by atoms with E-state index in [1.165, 1.54) is 9.13 Å². The Kier molecular flexibility index (Phi) is 8.23. The molecule has 0 aliphatic carbocycles. The lowest BCUT2D eigenvalue weighted by molar-refractivity contribution is 0.219. The molecular weight excluding hydrogens is 431 g/mol. The lowest BCUT2D eigenvalue weighted by Gasteiger charge is -2.16. The third-order valence-electron chi connectivity index (χ3n) is 5.26. The maximum atomic E-state index is 13.2. The van der Waals surface area contributed by atoms with Gasteiger partial charge in [0.15, 0.2) is 11.2 Å². The fourth-order valence-electron chi connectivity index (χ4n) is 3.73. The van der Waals surface area contributed by atoms with E-state index in [2.05, 4.69) is 4.98 Å². The average molecular weight is 462 g/mol. The third-order valence-corrected chi connectivity index (χ3v) is 7.43. The fraction of sp³-hybridized carbons (Fsp3) is 0.500. The van der Waals surface area contributed by atoms with Crippen LogP contribution < -0.4 is 11.2 Å². The monoisotopic (exact) mass is 462 g/mol. The number of aryl methyl sites for hydroxylation is 1. The van der Waals surface area contributed by atoms with Gasteiger partial charge in [-0.2, -0.15) is 0 Å². The molecule has 174 valence electrons. The molecule has 1 aromatic carbocycles. The van der Waals surface area contributed by atoms with Crippen molar-refractivity contribution < 1.29 is 13.6 Å². The van der Waals surface area contributed by atoms with E-state index < -0.39 is 7.60 Å². The molecule has 2 heterocycles. The molecule has 3 aromatic rings. The highest BCUT2D eigenvalue weighted by atomic mass is 31.2. The van der Waals surface area contributed by atoms with Gasteiger partial charge in [-0.05, 0) is 32.3 Å². The van der Waals surface area contributed by atoms with Crippen LogP contribution in [0.1, 0.15) is 38.7 Å². The van der Waals surface area contributed by atoms with Crippen molar-refractivity contribution in [2.24, 2.45) is 7.05 Å². The van der Waals surface area contributed by atoms with Crippen molar-refractivity contribution >= 4 is 18.8 Å². The number of benzene rings is 1. The van der Waals surface area contributed by atoms with Gasteiger partial charge in [-0.3, -0.25) is 18.5 Å². The molecule has 0 amide bonds. The van der Waals surface area contributed by atoms with E-state index >= 15 is 0 Å². The van der Waals surface area contributed by atoms with Gasteiger partial charge < -0.3 is 13.6 Å². The highest BCUT2D eigenvalue weighted by Gasteiger charge is 2.22. The average Bonchev–Trinajstić information content (AvgIpc) is 3.19. The van der Waals surface area contributed by atoms with Gasteiger partial charge >= 0.3 is 13.3 Å². The van der Waals surface area contributed by atoms with Crippen molar-refractivity contribution in [3.05, 3.63) is 63.1 Å². The Balaban J connectivity index is 1.74. The van der Waals surface area contributed by atoms with Gasteiger partial charge in [-0.1, -0.05) is 36.8 Å². The lowest BCUT2D eigenvalue weighted by Crippen LogP contribution is -2.39. The largest absolute Gasteiger partial charge is 0.332 e. The van der Waals surface area contributed by atoms with Crippen LogP contribution in [-0.4, -0.2) is 38.1 Å². The highest BCUT2D eigenvalue weighted by Crippen LogP contribution is 2.48. The summed E-state index contributed by atoms with van der Waals surface area (Å²) in [6, 6.07) is 9.79. The Bertz CT molecular complexity index is 1190. The molecule has 10 heteroatoms. The summed E-state index contributed by atoms with van der Waals surface area (Å²) in [6.45, 7) is 5.01. The number of rotatable bonds is 12. The van der Waals surface area contributed by atoms with Gasteiger partial charge in [0.05, 0.1) is 25.7 Å². The summed E-state index contributed by atoms with van der Waals surface area (Å²) < 4.78 is 27.6. The predicted octanol–water partition coefficient (Wildman–Crippen LogP) is 3.38. The molecule has 0 unspecified atom stereocenters. The van der Waals surface area contributed by atoms with E-state index in [1.54, 1.807) is 31.8 Å². The first-order valence-corrected chi connectivity index (χ1v) is 12.7. The molecule has 0 atom stereocenters. The van der Waals surface area contributed by atoms with Crippen molar-refractivity contribution in [3.63, 3.8) is 0 Å². The molecule has 32 heavy (non-hydrogen) atoms. The van der Waals surface area contributed by atoms with E-state index in [4.69, 9.17) is 9.05 Å². The fourth-order valence-corrected chi connectivity index (χ4v) is 5.46. The van der Waals surface area contributed by atoms with Crippen molar-refractivity contribution in [1.29, 1.82) is 0 Å². The molecule has 0 aliphatic heterocycles. The Morgan fingerprint density at radius 1 is 1.00 bits per heavy atom. The SMILES string of the molecule is CCOP(=O)(CCCCCn1c(=O)c2c(ncn2Cc2ccccc2)n(C)c1=O)OCC. The molecule has 3 rings (SSSR count). The quantitative estimate of drug-likeness (QED) is 0.302. The highest BCUT2D eigenvalue weighted by molar-refractivity contribution is 7.53. The van der Waals surface area contributed by atoms with Crippen LogP contribution in [0.3, 0.4) is 0 Å². The molecular formula is C22H31N4O5P. The van der Waals surface area contributed by atoms with E-state index in [0.29, 0.717) is 56.3 Å². The minimum absolute atomic E-state index is 0.283. The van der Waals surface area contributed by atoms with Crippen molar-refractivity contribution in [1.82, 2.24) is 18.7 Å². The summed E-state index contributed by atoms with van der Waals surface area (Å²) in [6.07, 6.45) is 3.85. The van der Waals surface area contributed by atoms with Crippen LogP contribution in [0.2, 0.25) is 0 Å². The van der Waals surface area contributed by atoms with Crippen LogP contribution in [0, 0.1) is 0 Å². The Morgan fingerprint density at radius 3 is 2.34 bits per heavy atom. The van der Waals surface area contributed by atoms with E-state index in [-0.39, 0.29) is 17.8 Å². The standard InChI is InChI=1S/C22H31N4O5P/c1-4-30-32(29,31-5-2)15-11-7-10-14-26-21(27)19-20(24(3)22(26)28)23-17-25(19)16-18-12-8-6-9-13-18/h6,8-9,12-13,17H,4-5,7,10-11,14-16H2,1-3H3. The summed E-state index contributed by atoms with van der Waals surface area (Å²) >= 11 is 0. The molecule has 0 saturated heterocycles. The van der Waals surface area contributed by atoms with Gasteiger partial charge in [0, 0.05) is 20.1 Å². The number of unbranched alkanes of at least 4 members (excludes halogenated alkanes) is 2. The van der Waals surface area contributed by atoms with Crippen LogP contribution >= 0.6 is 7.60 Å². The molecule has 9 nitrogen and oxygen atoms in total. The van der Waals surface area contributed by atoms with Crippen LogP contribution in [-0.2, 0) is 33.7 Å². The van der Waals surface area contributed by atoms with E-state index in [9.17, 15) is 14.2 Å². The molecule has 0 bridgehead atoms. The predicted molar refractivity (Wildman–Crippen MR) is 124 cm³/mol. The first kappa shape index (κ1) is 24.2. The topological polar surface area (TPSA) is 97.4 Å². The number of nitrogens with zero attached hydrogens (tertiary/aromatic N) is 4. The maximum absolute atomic E-state index is 13.2. The number of hydrogen-bond donors (Lipinski definition) is 0. The summed E-state index contributed by atoms with van der Waals surface area (Å²) in [4.78, 5) is 30.2. The Labute approximate surface area is 187 Å². The summed E-state index contributed by atoms with van der Waals surface area (Å²) in [5, 5.41) is 0. The second kappa shape index (κ2) is 10.9. The number of imidazole rings is 1. The number of aromatic nitrogens is 4. The van der Waals surface area contributed by atoms with Gasteiger partial charge in [-0.15, -0.1) is 0 Å². The van der Waals surface area contributed by atoms with Crippen LogP contribution in [0.4, 0.5) is 0 Å². The lowest BCUT2D eigenvalue weighted by atomic mass is 10.2. The van der Waals surface area contributed by atoms with Crippen LogP contribution in [0.15, 0.2) is 46.2 Å². The molecule has 2 aromatic heterocycles. The zero-order valence-corrected chi connectivity index (χ0v) is 19.8. The van der Waals surface area contributed by atoms with E-state index in [0.717, 1.165) is 5.56 Å². The smallest absolute Gasteiger partial charge is 0.320 e. The summed E-state index contributed by atoms with van der Waals surface area (Å²) in [5.41, 5.74) is 1.10. The summed E-state index contributed by atoms with van der Waals surface area (Å²) in [5.74, 6) is 0. The Morgan fingerprint density at radius 2 is 1.69 bits per heavy atom. The van der Waals surface area contributed by atoms with Gasteiger partial charge in [0.1, 0.15) is 0 Å². The minimum Gasteiger partial charge on any atom is -0.320 e. The molecule has 0 radical (unpaired) electrons. The minimum atomic E-state index is -3.07. The normalized spacial score (nSPS) is 12.0. The first-order chi connectivity index (χ1) is 15.4. The zero-order valence-electron chi connectivity index (χ0n) is 18.9.